The zero-order valence-corrected chi connectivity index (χ0v) is 14.8. The Labute approximate surface area is 158 Å². The summed E-state index contributed by atoms with van der Waals surface area (Å²) in [5.41, 5.74) is -0.281. The number of hydrogen-bond donors (Lipinski definition) is 0. The van der Waals surface area contributed by atoms with Crippen LogP contribution in [0.2, 0.25) is 0 Å². The number of aromatic nitrogens is 5. The van der Waals surface area contributed by atoms with Crippen LogP contribution in [0.25, 0.3) is 17.2 Å². The van der Waals surface area contributed by atoms with Crippen LogP contribution in [0.15, 0.2) is 30.9 Å². The Balaban J connectivity index is 1.46. The van der Waals surface area contributed by atoms with E-state index >= 15 is 0 Å². The maximum Gasteiger partial charge on any atom is 0.434 e. The highest BCUT2D eigenvalue weighted by Crippen LogP contribution is 2.32. The van der Waals surface area contributed by atoms with Crippen molar-refractivity contribution in [2.75, 3.05) is 31.2 Å². The zero-order valence-electron chi connectivity index (χ0n) is 14.8. The first-order chi connectivity index (χ1) is 13.5. The molecule has 2 aliphatic rings. The number of imidazole rings is 1. The van der Waals surface area contributed by atoms with E-state index in [1.54, 1.807) is 6.20 Å². The largest absolute Gasteiger partial charge is 0.434 e. The minimum absolute atomic E-state index is 0.309. The van der Waals surface area contributed by atoms with Crippen LogP contribution in [0.4, 0.5) is 19.0 Å². The molecule has 1 unspecified atom stereocenters. The van der Waals surface area contributed by atoms with Gasteiger partial charge in [0.15, 0.2) is 17.2 Å². The molecule has 0 radical (unpaired) electrons. The summed E-state index contributed by atoms with van der Waals surface area (Å²) in [6, 6.07) is 1.83. The molecule has 5 heterocycles. The van der Waals surface area contributed by atoms with Crippen molar-refractivity contribution in [3.63, 3.8) is 0 Å². The van der Waals surface area contributed by atoms with Crippen molar-refractivity contribution in [2.45, 2.75) is 12.6 Å². The van der Waals surface area contributed by atoms with Crippen LogP contribution in [0.1, 0.15) is 12.1 Å². The molecule has 5 rings (SSSR count). The summed E-state index contributed by atoms with van der Waals surface area (Å²) in [6.07, 6.45) is 1.67. The highest BCUT2D eigenvalue weighted by atomic mass is 19.4. The van der Waals surface area contributed by atoms with E-state index in [1.807, 2.05) is 6.07 Å². The van der Waals surface area contributed by atoms with Gasteiger partial charge in [0.1, 0.15) is 11.5 Å². The fourth-order valence-corrected chi connectivity index (χ4v) is 3.76. The van der Waals surface area contributed by atoms with Crippen molar-refractivity contribution in [2.24, 2.45) is 11.8 Å². The number of nitrogens with zero attached hydrogens (tertiary/aromatic N) is 6. The van der Waals surface area contributed by atoms with Crippen LogP contribution in [0.3, 0.4) is 0 Å². The van der Waals surface area contributed by atoms with Gasteiger partial charge in [-0.05, 0) is 18.4 Å². The summed E-state index contributed by atoms with van der Waals surface area (Å²) in [7, 11) is 0. The highest BCUT2D eigenvalue weighted by Gasteiger charge is 2.35. The van der Waals surface area contributed by atoms with Crippen molar-refractivity contribution < 1.29 is 17.9 Å². The minimum Gasteiger partial charge on any atom is -0.381 e. The van der Waals surface area contributed by atoms with E-state index in [-0.39, 0.29) is 0 Å². The van der Waals surface area contributed by atoms with Crippen molar-refractivity contribution in [3.05, 3.63) is 36.5 Å². The Kier molecular flexibility index (Phi) is 3.97. The van der Waals surface area contributed by atoms with Gasteiger partial charge in [-0.1, -0.05) is 0 Å². The predicted octanol–water partition coefficient (Wildman–Crippen LogP) is 2.68. The van der Waals surface area contributed by atoms with Gasteiger partial charge in [0.05, 0.1) is 25.6 Å². The molecule has 0 spiro atoms. The van der Waals surface area contributed by atoms with E-state index in [9.17, 15) is 13.2 Å². The third-order valence-corrected chi connectivity index (χ3v) is 5.44. The van der Waals surface area contributed by atoms with E-state index < -0.39 is 11.9 Å². The maximum atomic E-state index is 13.0. The topological polar surface area (TPSA) is 68.4 Å². The molecule has 2 fully saturated rings. The van der Waals surface area contributed by atoms with Crippen molar-refractivity contribution >= 4 is 11.5 Å². The molecule has 146 valence electrons. The molecule has 2 aliphatic heterocycles. The molecule has 1 atom stereocenters. The third-order valence-electron chi connectivity index (χ3n) is 5.44. The second-order valence-corrected chi connectivity index (χ2v) is 7.17. The molecule has 10 heteroatoms. The lowest BCUT2D eigenvalue weighted by Gasteiger charge is -2.31. The summed E-state index contributed by atoms with van der Waals surface area (Å²) in [5.74, 6) is 2.30. The average molecular weight is 390 g/mol. The van der Waals surface area contributed by atoms with Gasteiger partial charge in [0.25, 0.3) is 0 Å². The summed E-state index contributed by atoms with van der Waals surface area (Å²) < 4.78 is 45.7. The van der Waals surface area contributed by atoms with Crippen LogP contribution in [-0.2, 0) is 10.9 Å². The second-order valence-electron chi connectivity index (χ2n) is 7.17. The normalized spacial score (nSPS) is 20.7. The summed E-state index contributed by atoms with van der Waals surface area (Å²) >= 11 is 0. The van der Waals surface area contributed by atoms with Crippen molar-refractivity contribution in [1.82, 2.24) is 24.3 Å². The van der Waals surface area contributed by atoms with Gasteiger partial charge >= 0.3 is 6.18 Å². The monoisotopic (exact) mass is 390 g/mol. The fraction of sp³-hybridized carbons (Fsp3) is 0.444. The van der Waals surface area contributed by atoms with Gasteiger partial charge in [-0.2, -0.15) is 13.2 Å². The van der Waals surface area contributed by atoms with E-state index in [0.717, 1.165) is 50.9 Å². The van der Waals surface area contributed by atoms with Crippen LogP contribution in [0.5, 0.6) is 0 Å². The molecule has 3 aromatic rings. The Morgan fingerprint density at radius 3 is 2.68 bits per heavy atom. The zero-order chi connectivity index (χ0) is 19.3. The van der Waals surface area contributed by atoms with E-state index in [0.29, 0.717) is 29.0 Å². The molecule has 28 heavy (non-hydrogen) atoms. The number of hydrogen-bond acceptors (Lipinski definition) is 6. The number of halogens is 3. The minimum atomic E-state index is -4.53. The Bertz CT molecular complexity index is 1020. The SMILES string of the molecule is FC(F)(F)c1cn2c(-c3nccc(N4CCC(C5COC5)C4)n3)cnc2cn1. The average Bonchev–Trinajstić information content (AvgIpc) is 3.26. The molecule has 0 aliphatic carbocycles. The van der Waals surface area contributed by atoms with Gasteiger partial charge in [-0.15, -0.1) is 0 Å². The predicted molar refractivity (Wildman–Crippen MR) is 93.6 cm³/mol. The first-order valence-electron chi connectivity index (χ1n) is 9.05. The quantitative estimate of drug-likeness (QED) is 0.685. The van der Waals surface area contributed by atoms with Crippen LogP contribution in [0, 0.1) is 11.8 Å². The first kappa shape index (κ1) is 17.4. The van der Waals surface area contributed by atoms with Gasteiger partial charge in [-0.25, -0.2) is 19.9 Å². The van der Waals surface area contributed by atoms with E-state index in [4.69, 9.17) is 4.74 Å². The van der Waals surface area contributed by atoms with Gasteiger partial charge < -0.3 is 9.64 Å². The molecule has 2 saturated heterocycles. The van der Waals surface area contributed by atoms with Crippen LogP contribution >= 0.6 is 0 Å². The Hall–Kier alpha value is -2.75. The summed E-state index contributed by atoms with van der Waals surface area (Å²) in [6.45, 7) is 3.45. The lowest BCUT2D eigenvalue weighted by Crippen LogP contribution is -2.36. The second kappa shape index (κ2) is 6.40. The standard InChI is InChI=1S/C18H17F3N6O/c19-18(20,21)14-8-27-13(5-24-16(27)6-23-14)17-22-3-1-15(25-17)26-4-2-11(7-26)12-9-28-10-12/h1,3,5-6,8,11-12H,2,4,7,9-10H2. The van der Waals surface area contributed by atoms with Crippen molar-refractivity contribution in [1.29, 1.82) is 0 Å². The summed E-state index contributed by atoms with van der Waals surface area (Å²) in [5, 5.41) is 0. The smallest absolute Gasteiger partial charge is 0.381 e. The molecule has 0 aromatic carbocycles. The number of fused-ring (bicyclic) bond motifs is 1. The first-order valence-corrected chi connectivity index (χ1v) is 9.05. The fourth-order valence-electron chi connectivity index (χ4n) is 3.76. The molecule has 0 N–H and O–H groups in total. The molecule has 0 saturated carbocycles. The number of anilines is 1. The van der Waals surface area contributed by atoms with Crippen LogP contribution in [-0.4, -0.2) is 50.6 Å². The van der Waals surface area contributed by atoms with E-state index in [1.165, 1.54) is 10.6 Å². The molecule has 7 nitrogen and oxygen atoms in total. The number of ether oxygens (including phenoxy) is 1. The summed E-state index contributed by atoms with van der Waals surface area (Å²) in [4.78, 5) is 18.6. The van der Waals surface area contributed by atoms with Crippen molar-refractivity contribution in [3.8, 4) is 11.5 Å². The van der Waals surface area contributed by atoms with Gasteiger partial charge in [-0.3, -0.25) is 4.40 Å². The highest BCUT2D eigenvalue weighted by molar-refractivity contribution is 5.58. The Morgan fingerprint density at radius 2 is 1.93 bits per heavy atom. The lowest BCUT2D eigenvalue weighted by atomic mass is 9.90. The maximum absolute atomic E-state index is 13.0. The van der Waals surface area contributed by atoms with E-state index in [2.05, 4.69) is 24.8 Å². The molecular formula is C18H17F3N6O. The molecule has 0 bridgehead atoms. The van der Waals surface area contributed by atoms with Gasteiger partial charge in [0, 0.05) is 31.4 Å². The molecule has 0 amide bonds. The van der Waals surface area contributed by atoms with Gasteiger partial charge in [0.2, 0.25) is 0 Å². The number of rotatable bonds is 3. The Morgan fingerprint density at radius 1 is 1.07 bits per heavy atom. The third kappa shape index (κ3) is 2.97. The number of alkyl halides is 3. The molecule has 3 aromatic heterocycles. The van der Waals surface area contributed by atoms with Crippen LogP contribution < -0.4 is 4.90 Å². The lowest BCUT2D eigenvalue weighted by molar-refractivity contribution is -0.141. The molecular weight excluding hydrogens is 373 g/mol.